The molecule has 134 valence electrons. The van der Waals surface area contributed by atoms with Gasteiger partial charge in [0.25, 0.3) is 0 Å². The van der Waals surface area contributed by atoms with Crippen LogP contribution >= 0.6 is 11.3 Å². The van der Waals surface area contributed by atoms with Gasteiger partial charge in [0, 0.05) is 30.7 Å². The van der Waals surface area contributed by atoms with Gasteiger partial charge in [-0.3, -0.25) is 9.78 Å². The molecule has 1 N–H and O–H groups in total. The van der Waals surface area contributed by atoms with Crippen molar-refractivity contribution in [2.45, 2.75) is 25.7 Å². The van der Waals surface area contributed by atoms with Crippen LogP contribution in [0.4, 0.5) is 4.39 Å². The van der Waals surface area contributed by atoms with Crippen molar-refractivity contribution in [2.75, 3.05) is 6.54 Å². The molecule has 6 heteroatoms. The number of halogens is 1. The Bertz CT molecular complexity index is 834. The van der Waals surface area contributed by atoms with E-state index >= 15 is 0 Å². The van der Waals surface area contributed by atoms with E-state index in [1.165, 1.54) is 17.7 Å². The molecule has 0 fully saturated rings. The number of hydrogen-bond acceptors (Lipinski definition) is 4. The lowest BCUT2D eigenvalue weighted by Crippen LogP contribution is -2.27. The van der Waals surface area contributed by atoms with Crippen LogP contribution in [0.3, 0.4) is 0 Å². The van der Waals surface area contributed by atoms with Gasteiger partial charge < -0.3 is 5.32 Å². The minimum Gasteiger partial charge on any atom is -0.355 e. The molecule has 0 aliphatic heterocycles. The van der Waals surface area contributed by atoms with Crippen LogP contribution in [0.5, 0.6) is 0 Å². The monoisotopic (exact) mass is 369 g/mol. The highest BCUT2D eigenvalue weighted by molar-refractivity contribution is 7.09. The van der Waals surface area contributed by atoms with Crippen molar-refractivity contribution in [3.63, 3.8) is 0 Å². The van der Waals surface area contributed by atoms with Crippen molar-refractivity contribution in [1.29, 1.82) is 0 Å². The van der Waals surface area contributed by atoms with Gasteiger partial charge in [0.1, 0.15) is 5.82 Å². The molecule has 0 unspecified atom stereocenters. The average molecular weight is 369 g/mol. The molecule has 2 heterocycles. The quantitative estimate of drug-likeness (QED) is 0.662. The highest BCUT2D eigenvalue weighted by atomic mass is 32.1. The van der Waals surface area contributed by atoms with Crippen molar-refractivity contribution in [1.82, 2.24) is 15.3 Å². The summed E-state index contributed by atoms with van der Waals surface area (Å²) < 4.78 is 12.9. The summed E-state index contributed by atoms with van der Waals surface area (Å²) in [6.07, 6.45) is 6.33. The summed E-state index contributed by atoms with van der Waals surface area (Å²) in [6, 6.07) is 10.3. The summed E-state index contributed by atoms with van der Waals surface area (Å²) in [7, 11) is 0. The zero-order valence-corrected chi connectivity index (χ0v) is 15.1. The Morgan fingerprint density at radius 1 is 1.00 bits per heavy atom. The molecule has 0 spiro atoms. The van der Waals surface area contributed by atoms with Gasteiger partial charge >= 0.3 is 0 Å². The first kappa shape index (κ1) is 18.2. The normalized spacial score (nSPS) is 10.7. The van der Waals surface area contributed by atoms with Crippen LogP contribution in [-0.2, 0) is 30.5 Å². The predicted molar refractivity (Wildman–Crippen MR) is 101 cm³/mol. The standard InChI is InChI=1S/C20H20FN3OS/c21-17-4-1-15(2-5-17)9-12-23-19(25)13-18-14-26-20(24-18)6-3-16-7-10-22-11-8-16/h1-2,4-5,7-8,10-11,14H,3,6,9,12-13H2,(H,23,25). The molecule has 3 aromatic rings. The van der Waals surface area contributed by atoms with Crippen LogP contribution in [0.15, 0.2) is 54.2 Å². The molecule has 0 aliphatic rings. The van der Waals surface area contributed by atoms with E-state index in [0.717, 1.165) is 29.1 Å². The third kappa shape index (κ3) is 5.74. The van der Waals surface area contributed by atoms with Gasteiger partial charge in [-0.05, 0) is 48.2 Å². The Morgan fingerprint density at radius 3 is 2.50 bits per heavy atom. The van der Waals surface area contributed by atoms with E-state index in [9.17, 15) is 9.18 Å². The van der Waals surface area contributed by atoms with E-state index in [2.05, 4.69) is 15.3 Å². The van der Waals surface area contributed by atoms with E-state index in [-0.39, 0.29) is 18.1 Å². The summed E-state index contributed by atoms with van der Waals surface area (Å²) in [6.45, 7) is 0.531. The summed E-state index contributed by atoms with van der Waals surface area (Å²) >= 11 is 1.59. The van der Waals surface area contributed by atoms with E-state index < -0.39 is 0 Å². The van der Waals surface area contributed by atoms with Gasteiger partial charge in [0.2, 0.25) is 5.91 Å². The maximum Gasteiger partial charge on any atom is 0.226 e. The molecular formula is C20H20FN3OS. The number of nitrogens with one attached hydrogen (secondary N) is 1. The van der Waals surface area contributed by atoms with Crippen molar-refractivity contribution < 1.29 is 9.18 Å². The first-order valence-corrected chi connectivity index (χ1v) is 9.40. The first-order valence-electron chi connectivity index (χ1n) is 8.52. The number of rotatable bonds is 8. The van der Waals surface area contributed by atoms with E-state index in [1.807, 2.05) is 17.5 Å². The Labute approximate surface area is 156 Å². The second kappa shape index (κ2) is 9.20. The third-order valence-corrected chi connectivity index (χ3v) is 4.92. The fourth-order valence-electron chi connectivity index (χ4n) is 2.57. The number of thiazole rings is 1. The number of aryl methyl sites for hydroxylation is 2. The minimum atomic E-state index is -0.249. The first-order chi connectivity index (χ1) is 12.7. The number of carbonyl (C=O) groups is 1. The minimum absolute atomic E-state index is 0.0434. The molecule has 2 aromatic heterocycles. The number of hydrogen-bond donors (Lipinski definition) is 1. The Kier molecular flexibility index (Phi) is 6.44. The number of aromatic nitrogens is 2. The predicted octanol–water partition coefficient (Wildman–Crippen LogP) is 3.36. The highest BCUT2D eigenvalue weighted by Gasteiger charge is 2.08. The van der Waals surface area contributed by atoms with Gasteiger partial charge in [-0.15, -0.1) is 11.3 Å². The number of carbonyl (C=O) groups excluding carboxylic acids is 1. The van der Waals surface area contributed by atoms with Crippen molar-refractivity contribution in [3.05, 3.63) is 81.8 Å². The summed E-state index contributed by atoms with van der Waals surface area (Å²) in [5, 5.41) is 5.87. The zero-order chi connectivity index (χ0) is 18.2. The third-order valence-electron chi connectivity index (χ3n) is 3.97. The van der Waals surface area contributed by atoms with E-state index in [1.54, 1.807) is 35.9 Å². The topological polar surface area (TPSA) is 54.9 Å². The molecule has 0 saturated heterocycles. The molecular weight excluding hydrogens is 349 g/mol. The van der Waals surface area contributed by atoms with Crippen LogP contribution in [0.25, 0.3) is 0 Å². The fraction of sp³-hybridized carbons (Fsp3) is 0.250. The average Bonchev–Trinajstić information content (AvgIpc) is 3.10. The fourth-order valence-corrected chi connectivity index (χ4v) is 3.37. The largest absolute Gasteiger partial charge is 0.355 e. The second-order valence-corrected chi connectivity index (χ2v) is 6.93. The lowest BCUT2D eigenvalue weighted by atomic mass is 10.1. The van der Waals surface area contributed by atoms with Gasteiger partial charge in [0.15, 0.2) is 0 Å². The van der Waals surface area contributed by atoms with Gasteiger partial charge in [0.05, 0.1) is 17.1 Å². The van der Waals surface area contributed by atoms with Crippen LogP contribution in [-0.4, -0.2) is 22.4 Å². The van der Waals surface area contributed by atoms with E-state index in [0.29, 0.717) is 13.0 Å². The molecule has 26 heavy (non-hydrogen) atoms. The maximum absolute atomic E-state index is 12.9. The summed E-state index contributed by atoms with van der Waals surface area (Å²) in [5.41, 5.74) is 3.04. The molecule has 0 radical (unpaired) electrons. The summed E-state index contributed by atoms with van der Waals surface area (Å²) in [4.78, 5) is 20.6. The molecule has 1 amide bonds. The molecule has 0 aliphatic carbocycles. The SMILES string of the molecule is O=C(Cc1csc(CCc2ccncc2)n1)NCCc1ccc(F)cc1. The zero-order valence-electron chi connectivity index (χ0n) is 14.3. The number of benzene rings is 1. The molecule has 4 nitrogen and oxygen atoms in total. The Morgan fingerprint density at radius 2 is 1.73 bits per heavy atom. The summed E-state index contributed by atoms with van der Waals surface area (Å²) in [5.74, 6) is -0.292. The molecule has 0 saturated carbocycles. The molecule has 0 atom stereocenters. The number of amides is 1. The van der Waals surface area contributed by atoms with Crippen molar-refractivity contribution in [3.8, 4) is 0 Å². The number of nitrogens with zero attached hydrogens (tertiary/aromatic N) is 2. The second-order valence-electron chi connectivity index (χ2n) is 5.99. The Hall–Kier alpha value is -2.60. The molecule has 1 aromatic carbocycles. The smallest absolute Gasteiger partial charge is 0.226 e. The van der Waals surface area contributed by atoms with Crippen LogP contribution in [0, 0.1) is 5.82 Å². The van der Waals surface area contributed by atoms with Crippen molar-refractivity contribution >= 4 is 17.2 Å². The molecule has 3 rings (SSSR count). The van der Waals surface area contributed by atoms with Crippen LogP contribution in [0.2, 0.25) is 0 Å². The number of pyridine rings is 1. The lowest BCUT2D eigenvalue weighted by molar-refractivity contribution is -0.120. The van der Waals surface area contributed by atoms with Gasteiger partial charge in [-0.1, -0.05) is 12.1 Å². The van der Waals surface area contributed by atoms with Crippen LogP contribution < -0.4 is 5.32 Å². The maximum atomic E-state index is 12.9. The Balaban J connectivity index is 1.40. The van der Waals surface area contributed by atoms with Crippen molar-refractivity contribution in [2.24, 2.45) is 0 Å². The lowest BCUT2D eigenvalue weighted by Gasteiger charge is -2.04. The van der Waals surface area contributed by atoms with E-state index in [4.69, 9.17) is 0 Å². The highest BCUT2D eigenvalue weighted by Crippen LogP contribution is 2.13. The molecule has 0 bridgehead atoms. The van der Waals surface area contributed by atoms with Gasteiger partial charge in [-0.25, -0.2) is 9.37 Å². The van der Waals surface area contributed by atoms with Crippen LogP contribution in [0.1, 0.15) is 21.8 Å². The van der Waals surface area contributed by atoms with Gasteiger partial charge in [-0.2, -0.15) is 0 Å².